The molecule has 3 unspecified atom stereocenters. The second-order valence-electron chi connectivity index (χ2n) is 4.72. The van der Waals surface area contributed by atoms with Gasteiger partial charge in [0.05, 0.1) is 6.42 Å². The Morgan fingerprint density at radius 2 is 2.21 bits per heavy atom. The fourth-order valence-corrected chi connectivity index (χ4v) is 3.40. The first-order chi connectivity index (χ1) is 6.16. The zero-order valence-electron chi connectivity index (χ0n) is 8.24. The third-order valence-corrected chi connectivity index (χ3v) is 4.01. The maximum Gasteiger partial charge on any atom is 0.303 e. The number of fused-ring (bicyclic) bond motifs is 2. The van der Waals surface area contributed by atoms with E-state index in [0.29, 0.717) is 12.5 Å². The van der Waals surface area contributed by atoms with Gasteiger partial charge >= 0.3 is 5.97 Å². The molecular formula is C10H18ClNO2. The number of rotatable bonds is 3. The monoisotopic (exact) mass is 219 g/mol. The van der Waals surface area contributed by atoms with Gasteiger partial charge < -0.3 is 10.8 Å². The number of hydrogen-bond acceptors (Lipinski definition) is 2. The lowest BCUT2D eigenvalue weighted by Crippen LogP contribution is -2.37. The molecule has 3 nitrogen and oxygen atoms in total. The van der Waals surface area contributed by atoms with E-state index >= 15 is 0 Å². The summed E-state index contributed by atoms with van der Waals surface area (Å²) < 4.78 is 0. The summed E-state index contributed by atoms with van der Waals surface area (Å²) in [5.41, 5.74) is 5.69. The second-order valence-corrected chi connectivity index (χ2v) is 4.72. The number of hydrogen-bond donors (Lipinski definition) is 2. The highest BCUT2D eigenvalue weighted by Crippen LogP contribution is 2.56. The number of carboxylic acids is 1. The molecule has 3 atom stereocenters. The zero-order chi connectivity index (χ0) is 9.47. The van der Waals surface area contributed by atoms with Gasteiger partial charge in [-0.05, 0) is 43.1 Å². The van der Waals surface area contributed by atoms with Crippen LogP contribution in [0.2, 0.25) is 0 Å². The third-order valence-electron chi connectivity index (χ3n) is 4.01. The Bertz CT molecular complexity index is 234. The molecule has 0 heterocycles. The molecule has 0 amide bonds. The van der Waals surface area contributed by atoms with Crippen LogP contribution in [0.5, 0.6) is 0 Å². The minimum absolute atomic E-state index is 0. The van der Waals surface area contributed by atoms with Crippen LogP contribution < -0.4 is 5.73 Å². The molecule has 3 N–H and O–H groups in total. The summed E-state index contributed by atoms with van der Waals surface area (Å²) in [5, 5.41) is 8.84. The van der Waals surface area contributed by atoms with E-state index < -0.39 is 5.97 Å². The Kier molecular flexibility index (Phi) is 3.43. The van der Waals surface area contributed by atoms with Gasteiger partial charge in [-0.15, -0.1) is 12.4 Å². The van der Waals surface area contributed by atoms with Crippen molar-refractivity contribution in [2.75, 3.05) is 6.54 Å². The van der Waals surface area contributed by atoms with Gasteiger partial charge in [0.1, 0.15) is 0 Å². The van der Waals surface area contributed by atoms with Gasteiger partial charge in [-0.25, -0.2) is 0 Å². The maximum absolute atomic E-state index is 10.7. The number of carboxylic acid groups (broad SMARTS) is 1. The zero-order valence-corrected chi connectivity index (χ0v) is 9.05. The molecule has 0 radical (unpaired) electrons. The Balaban J connectivity index is 0.000000980. The van der Waals surface area contributed by atoms with E-state index in [2.05, 4.69) is 0 Å². The highest BCUT2D eigenvalue weighted by atomic mass is 35.5. The van der Waals surface area contributed by atoms with Crippen molar-refractivity contribution in [3.8, 4) is 0 Å². The molecule has 0 spiro atoms. The average molecular weight is 220 g/mol. The fraction of sp³-hybridized carbons (Fsp3) is 0.900. The molecule has 14 heavy (non-hydrogen) atoms. The van der Waals surface area contributed by atoms with E-state index in [4.69, 9.17) is 10.8 Å². The Labute approximate surface area is 90.5 Å². The highest BCUT2D eigenvalue weighted by molar-refractivity contribution is 5.85. The van der Waals surface area contributed by atoms with Crippen LogP contribution in [0.4, 0.5) is 0 Å². The van der Waals surface area contributed by atoms with E-state index in [9.17, 15) is 4.79 Å². The van der Waals surface area contributed by atoms with Crippen molar-refractivity contribution < 1.29 is 9.90 Å². The van der Waals surface area contributed by atoms with Crippen molar-refractivity contribution in [1.82, 2.24) is 0 Å². The molecule has 4 heteroatoms. The molecule has 82 valence electrons. The number of aliphatic carboxylic acids is 1. The molecule has 0 aliphatic heterocycles. The predicted octanol–water partition coefficient (Wildman–Crippen LogP) is 1.65. The Morgan fingerprint density at radius 1 is 1.50 bits per heavy atom. The smallest absolute Gasteiger partial charge is 0.303 e. The average Bonchev–Trinajstić information content (AvgIpc) is 2.62. The van der Waals surface area contributed by atoms with E-state index in [1.165, 1.54) is 19.3 Å². The van der Waals surface area contributed by atoms with Gasteiger partial charge in [0, 0.05) is 0 Å². The van der Waals surface area contributed by atoms with Gasteiger partial charge in [0.25, 0.3) is 0 Å². The molecule has 0 aromatic heterocycles. The molecule has 0 aromatic carbocycles. The van der Waals surface area contributed by atoms with Gasteiger partial charge in [-0.3, -0.25) is 4.79 Å². The predicted molar refractivity (Wildman–Crippen MR) is 56.4 cm³/mol. The molecule has 2 bridgehead atoms. The lowest BCUT2D eigenvalue weighted by atomic mass is 9.71. The molecule has 2 fully saturated rings. The molecule has 2 saturated carbocycles. The van der Waals surface area contributed by atoms with Crippen LogP contribution in [-0.4, -0.2) is 17.6 Å². The third kappa shape index (κ3) is 1.75. The summed E-state index contributed by atoms with van der Waals surface area (Å²) in [6.07, 6.45) is 5.07. The van der Waals surface area contributed by atoms with Gasteiger partial charge in [-0.1, -0.05) is 6.42 Å². The number of nitrogens with two attached hydrogens (primary N) is 1. The molecular weight excluding hydrogens is 202 g/mol. The Morgan fingerprint density at radius 3 is 2.57 bits per heavy atom. The first kappa shape index (κ1) is 11.8. The second kappa shape index (κ2) is 4.07. The van der Waals surface area contributed by atoms with Crippen LogP contribution in [0.3, 0.4) is 0 Å². The summed E-state index contributed by atoms with van der Waals surface area (Å²) >= 11 is 0. The van der Waals surface area contributed by atoms with Crippen molar-refractivity contribution in [3.63, 3.8) is 0 Å². The number of halogens is 1. The lowest BCUT2D eigenvalue weighted by molar-refractivity contribution is -0.140. The SMILES string of the molecule is Cl.NCC1(CC(=O)O)CC2CCC1C2. The van der Waals surface area contributed by atoms with Crippen molar-refractivity contribution >= 4 is 18.4 Å². The first-order valence-corrected chi connectivity index (χ1v) is 5.08. The fourth-order valence-electron chi connectivity index (χ4n) is 3.40. The highest BCUT2D eigenvalue weighted by Gasteiger charge is 2.50. The maximum atomic E-state index is 10.7. The van der Waals surface area contributed by atoms with Crippen LogP contribution in [0.15, 0.2) is 0 Å². The number of carbonyl (C=O) groups is 1. The van der Waals surface area contributed by atoms with E-state index in [1.54, 1.807) is 0 Å². The van der Waals surface area contributed by atoms with Crippen molar-refractivity contribution in [2.45, 2.75) is 32.1 Å². The molecule has 2 rings (SSSR count). The van der Waals surface area contributed by atoms with Gasteiger partial charge in [0.15, 0.2) is 0 Å². The minimum Gasteiger partial charge on any atom is -0.481 e. The summed E-state index contributed by atoms with van der Waals surface area (Å²) in [6.45, 7) is 0.556. The normalized spacial score (nSPS) is 39.5. The van der Waals surface area contributed by atoms with Crippen LogP contribution in [0.25, 0.3) is 0 Å². The van der Waals surface area contributed by atoms with E-state index in [0.717, 1.165) is 12.3 Å². The van der Waals surface area contributed by atoms with Crippen molar-refractivity contribution in [1.29, 1.82) is 0 Å². The largest absolute Gasteiger partial charge is 0.481 e. The standard InChI is InChI=1S/C10H17NO2.ClH/c11-6-10(5-9(12)13)4-7-1-2-8(10)3-7;/h7-8H,1-6,11H2,(H,12,13);1H. The van der Waals surface area contributed by atoms with Crippen LogP contribution in [0.1, 0.15) is 32.1 Å². The summed E-state index contributed by atoms with van der Waals surface area (Å²) in [7, 11) is 0. The summed E-state index contributed by atoms with van der Waals surface area (Å²) in [5.74, 6) is 0.685. The summed E-state index contributed by atoms with van der Waals surface area (Å²) in [4.78, 5) is 10.7. The van der Waals surface area contributed by atoms with Crippen LogP contribution >= 0.6 is 12.4 Å². The summed E-state index contributed by atoms with van der Waals surface area (Å²) in [6, 6.07) is 0. The molecule has 0 aromatic rings. The lowest BCUT2D eigenvalue weighted by Gasteiger charge is -2.35. The Hall–Kier alpha value is -0.280. The van der Waals surface area contributed by atoms with Crippen LogP contribution in [0, 0.1) is 17.3 Å². The van der Waals surface area contributed by atoms with Crippen molar-refractivity contribution in [3.05, 3.63) is 0 Å². The van der Waals surface area contributed by atoms with Crippen molar-refractivity contribution in [2.24, 2.45) is 23.0 Å². The van der Waals surface area contributed by atoms with Crippen LogP contribution in [-0.2, 0) is 4.79 Å². The van der Waals surface area contributed by atoms with E-state index in [1.807, 2.05) is 0 Å². The molecule has 2 aliphatic rings. The van der Waals surface area contributed by atoms with Gasteiger partial charge in [-0.2, -0.15) is 0 Å². The molecule has 2 aliphatic carbocycles. The van der Waals surface area contributed by atoms with E-state index in [-0.39, 0.29) is 24.2 Å². The quantitative estimate of drug-likeness (QED) is 0.759. The van der Waals surface area contributed by atoms with Gasteiger partial charge in [0.2, 0.25) is 0 Å². The molecule has 0 saturated heterocycles. The first-order valence-electron chi connectivity index (χ1n) is 5.08. The topological polar surface area (TPSA) is 63.3 Å². The minimum atomic E-state index is -0.682.